The summed E-state index contributed by atoms with van der Waals surface area (Å²) in [6.45, 7) is 1.98. The molecule has 4 rings (SSSR count). The number of fused-ring (bicyclic) bond motifs is 1. The van der Waals surface area contributed by atoms with Gasteiger partial charge in [-0.3, -0.25) is 14.5 Å². The van der Waals surface area contributed by atoms with Gasteiger partial charge in [-0.05, 0) is 55.0 Å². The first-order chi connectivity index (χ1) is 11.6. The number of carbonyl (C=O) groups is 2. The topological polar surface area (TPSA) is 46.6 Å². The van der Waals surface area contributed by atoms with E-state index < -0.39 is 0 Å². The molecular weight excluding hydrogens is 302 g/mol. The van der Waals surface area contributed by atoms with Crippen LogP contribution in [-0.2, 0) is 0 Å². The highest BCUT2D eigenvalue weighted by molar-refractivity contribution is 6.21. The first-order valence-corrected chi connectivity index (χ1v) is 8.22. The summed E-state index contributed by atoms with van der Waals surface area (Å²) in [7, 11) is 1.66. The van der Waals surface area contributed by atoms with Gasteiger partial charge in [-0.2, -0.15) is 0 Å². The standard InChI is InChI=1S/C20H19NO3/c1-12(17-11-18(17)13-6-5-7-14(10-13)24-2)21-19(22)15-8-3-4-9-16(15)20(21)23/h3-10,12,17-18H,11H2,1-2H3. The van der Waals surface area contributed by atoms with Crippen molar-refractivity contribution in [3.8, 4) is 5.75 Å². The Hall–Kier alpha value is -2.62. The van der Waals surface area contributed by atoms with E-state index in [2.05, 4.69) is 6.07 Å². The zero-order valence-electron chi connectivity index (χ0n) is 13.7. The van der Waals surface area contributed by atoms with Crippen LogP contribution in [-0.4, -0.2) is 29.9 Å². The summed E-state index contributed by atoms with van der Waals surface area (Å²) in [6.07, 6.45) is 0.988. The molecule has 4 heteroatoms. The maximum absolute atomic E-state index is 12.6. The first kappa shape index (κ1) is 14.9. The lowest BCUT2D eigenvalue weighted by Gasteiger charge is -2.23. The van der Waals surface area contributed by atoms with Crippen LogP contribution in [0, 0.1) is 5.92 Å². The number of imide groups is 1. The number of amides is 2. The van der Waals surface area contributed by atoms with Crippen molar-refractivity contribution >= 4 is 11.8 Å². The van der Waals surface area contributed by atoms with Crippen molar-refractivity contribution in [1.82, 2.24) is 4.90 Å². The number of rotatable bonds is 4. The molecule has 0 saturated heterocycles. The second-order valence-corrected chi connectivity index (χ2v) is 6.55. The maximum atomic E-state index is 12.6. The molecule has 2 aromatic rings. The molecule has 3 unspecified atom stereocenters. The summed E-state index contributed by atoms with van der Waals surface area (Å²) < 4.78 is 5.29. The van der Waals surface area contributed by atoms with Gasteiger partial charge in [0.2, 0.25) is 0 Å². The molecule has 2 aromatic carbocycles. The lowest BCUT2D eigenvalue weighted by atomic mass is 10.0. The lowest BCUT2D eigenvalue weighted by Crippen LogP contribution is -2.39. The van der Waals surface area contributed by atoms with E-state index in [0.717, 1.165) is 12.2 Å². The zero-order valence-corrected chi connectivity index (χ0v) is 13.7. The normalized spacial score (nSPS) is 23.2. The van der Waals surface area contributed by atoms with Crippen LogP contribution in [0.25, 0.3) is 0 Å². The Morgan fingerprint density at radius 1 is 1.04 bits per heavy atom. The van der Waals surface area contributed by atoms with E-state index in [-0.39, 0.29) is 17.9 Å². The van der Waals surface area contributed by atoms with Gasteiger partial charge in [-0.15, -0.1) is 0 Å². The Kier molecular flexibility index (Phi) is 3.41. The molecule has 24 heavy (non-hydrogen) atoms. The Bertz CT molecular complexity index is 794. The van der Waals surface area contributed by atoms with Crippen molar-refractivity contribution in [3.05, 3.63) is 65.2 Å². The van der Waals surface area contributed by atoms with Crippen LogP contribution < -0.4 is 4.74 Å². The molecule has 0 aromatic heterocycles. The quantitative estimate of drug-likeness (QED) is 0.810. The van der Waals surface area contributed by atoms with Gasteiger partial charge in [0.25, 0.3) is 11.8 Å². The van der Waals surface area contributed by atoms with Crippen molar-refractivity contribution in [2.45, 2.75) is 25.3 Å². The Morgan fingerprint density at radius 3 is 2.33 bits per heavy atom. The lowest BCUT2D eigenvalue weighted by molar-refractivity contribution is 0.0578. The molecule has 4 nitrogen and oxygen atoms in total. The highest BCUT2D eigenvalue weighted by Crippen LogP contribution is 2.52. The third kappa shape index (κ3) is 2.21. The molecule has 1 heterocycles. The summed E-state index contributed by atoms with van der Waals surface area (Å²) in [6, 6.07) is 15.0. The molecule has 0 N–H and O–H groups in total. The summed E-state index contributed by atoms with van der Waals surface area (Å²) in [5.41, 5.74) is 2.25. The zero-order chi connectivity index (χ0) is 16.8. The molecule has 0 bridgehead atoms. The van der Waals surface area contributed by atoms with Crippen LogP contribution in [0.2, 0.25) is 0 Å². The van der Waals surface area contributed by atoms with Crippen molar-refractivity contribution in [2.24, 2.45) is 5.92 Å². The maximum Gasteiger partial charge on any atom is 0.261 e. The molecule has 0 spiro atoms. The third-order valence-electron chi connectivity index (χ3n) is 5.21. The molecule has 1 aliphatic carbocycles. The van der Waals surface area contributed by atoms with Gasteiger partial charge in [0.05, 0.1) is 18.2 Å². The Morgan fingerprint density at radius 2 is 1.71 bits per heavy atom. The van der Waals surface area contributed by atoms with Crippen LogP contribution in [0.4, 0.5) is 0 Å². The van der Waals surface area contributed by atoms with Crippen LogP contribution >= 0.6 is 0 Å². The fourth-order valence-electron chi connectivity index (χ4n) is 3.77. The monoisotopic (exact) mass is 321 g/mol. The minimum Gasteiger partial charge on any atom is -0.497 e. The van der Waals surface area contributed by atoms with E-state index in [9.17, 15) is 9.59 Å². The number of benzene rings is 2. The predicted molar refractivity (Wildman–Crippen MR) is 90.2 cm³/mol. The predicted octanol–water partition coefficient (Wildman–Crippen LogP) is 3.48. The van der Waals surface area contributed by atoms with Crippen LogP contribution in [0.15, 0.2) is 48.5 Å². The highest BCUT2D eigenvalue weighted by Gasteiger charge is 2.49. The van der Waals surface area contributed by atoms with E-state index >= 15 is 0 Å². The van der Waals surface area contributed by atoms with E-state index in [1.165, 1.54) is 10.5 Å². The largest absolute Gasteiger partial charge is 0.497 e. The molecule has 2 aliphatic rings. The average molecular weight is 321 g/mol. The van der Waals surface area contributed by atoms with E-state index in [4.69, 9.17) is 4.74 Å². The fraction of sp³-hybridized carbons (Fsp3) is 0.300. The summed E-state index contributed by atoms with van der Waals surface area (Å²) >= 11 is 0. The number of methoxy groups -OCH3 is 1. The summed E-state index contributed by atoms with van der Waals surface area (Å²) in [4.78, 5) is 26.7. The summed E-state index contributed by atoms with van der Waals surface area (Å²) in [5.74, 6) is 1.18. The van der Waals surface area contributed by atoms with Crippen LogP contribution in [0.1, 0.15) is 45.5 Å². The second-order valence-electron chi connectivity index (χ2n) is 6.55. The molecule has 1 aliphatic heterocycles. The van der Waals surface area contributed by atoms with Gasteiger partial charge in [-0.1, -0.05) is 24.3 Å². The number of ether oxygens (including phenoxy) is 1. The van der Waals surface area contributed by atoms with Crippen molar-refractivity contribution in [3.63, 3.8) is 0 Å². The smallest absolute Gasteiger partial charge is 0.261 e. The minimum absolute atomic E-state index is 0.103. The number of hydrogen-bond acceptors (Lipinski definition) is 3. The van der Waals surface area contributed by atoms with Crippen molar-refractivity contribution in [2.75, 3.05) is 7.11 Å². The number of nitrogens with zero attached hydrogens (tertiary/aromatic N) is 1. The van der Waals surface area contributed by atoms with E-state index in [0.29, 0.717) is 23.0 Å². The SMILES string of the molecule is COc1cccc(C2CC2C(C)N2C(=O)c3ccccc3C2=O)c1. The van der Waals surface area contributed by atoms with Gasteiger partial charge >= 0.3 is 0 Å². The third-order valence-corrected chi connectivity index (χ3v) is 5.21. The Labute approximate surface area is 141 Å². The van der Waals surface area contributed by atoms with Gasteiger partial charge < -0.3 is 4.74 Å². The molecule has 3 atom stereocenters. The van der Waals surface area contributed by atoms with E-state index in [1.807, 2.05) is 25.1 Å². The van der Waals surface area contributed by atoms with Crippen LogP contribution in [0.5, 0.6) is 5.75 Å². The summed E-state index contributed by atoms with van der Waals surface area (Å²) in [5, 5.41) is 0. The van der Waals surface area contributed by atoms with Crippen molar-refractivity contribution < 1.29 is 14.3 Å². The second kappa shape index (κ2) is 5.48. The molecular formula is C20H19NO3. The molecule has 1 fully saturated rings. The highest BCUT2D eigenvalue weighted by atomic mass is 16.5. The van der Waals surface area contributed by atoms with Crippen molar-refractivity contribution in [1.29, 1.82) is 0 Å². The van der Waals surface area contributed by atoms with Gasteiger partial charge in [0, 0.05) is 6.04 Å². The molecule has 2 amide bonds. The Balaban J connectivity index is 1.55. The molecule has 1 saturated carbocycles. The number of hydrogen-bond donors (Lipinski definition) is 0. The van der Waals surface area contributed by atoms with E-state index in [1.54, 1.807) is 31.4 Å². The first-order valence-electron chi connectivity index (χ1n) is 8.22. The average Bonchev–Trinajstić information content (AvgIpc) is 3.38. The van der Waals surface area contributed by atoms with Crippen LogP contribution in [0.3, 0.4) is 0 Å². The van der Waals surface area contributed by atoms with Gasteiger partial charge in [0.15, 0.2) is 0 Å². The number of carbonyl (C=O) groups excluding carboxylic acids is 2. The molecule has 0 radical (unpaired) electrons. The fourth-order valence-corrected chi connectivity index (χ4v) is 3.77. The molecule has 122 valence electrons. The minimum atomic E-state index is -0.167. The van der Waals surface area contributed by atoms with Gasteiger partial charge in [-0.25, -0.2) is 0 Å². The van der Waals surface area contributed by atoms with Gasteiger partial charge in [0.1, 0.15) is 5.75 Å².